The van der Waals surface area contributed by atoms with E-state index in [1.54, 1.807) is 13.2 Å². The van der Waals surface area contributed by atoms with Gasteiger partial charge in [-0.05, 0) is 42.7 Å². The van der Waals surface area contributed by atoms with Gasteiger partial charge in [0.05, 0.1) is 13.5 Å². The number of benzene rings is 2. The van der Waals surface area contributed by atoms with Crippen LogP contribution in [0.2, 0.25) is 0 Å². The van der Waals surface area contributed by atoms with Crippen molar-refractivity contribution in [2.24, 2.45) is 0 Å². The van der Waals surface area contributed by atoms with Gasteiger partial charge in [0.25, 0.3) is 0 Å². The summed E-state index contributed by atoms with van der Waals surface area (Å²) in [6.45, 7) is 4.12. The summed E-state index contributed by atoms with van der Waals surface area (Å²) >= 11 is 0. The van der Waals surface area contributed by atoms with E-state index in [4.69, 9.17) is 4.74 Å². The summed E-state index contributed by atoms with van der Waals surface area (Å²) in [7, 11) is 1.61. The molecule has 1 amide bonds. The standard InChI is InChI=1S/C17H19NO2/c1-12-7-8-14(9-13(12)2)10-17(19)18-15-5-4-6-16(11-15)20-3/h4-9,11H,10H2,1-3H3,(H,18,19). The molecule has 0 saturated carbocycles. The Bertz CT molecular complexity index is 620. The van der Waals surface area contributed by atoms with Crippen LogP contribution in [0.3, 0.4) is 0 Å². The summed E-state index contributed by atoms with van der Waals surface area (Å²) in [4.78, 5) is 12.0. The molecule has 0 saturated heterocycles. The Labute approximate surface area is 119 Å². The lowest BCUT2D eigenvalue weighted by Crippen LogP contribution is -2.14. The maximum atomic E-state index is 12.0. The Morgan fingerprint density at radius 2 is 1.90 bits per heavy atom. The van der Waals surface area contributed by atoms with Gasteiger partial charge in [-0.25, -0.2) is 0 Å². The predicted octanol–water partition coefficient (Wildman–Crippen LogP) is 3.49. The smallest absolute Gasteiger partial charge is 0.228 e. The number of nitrogens with one attached hydrogen (secondary N) is 1. The molecule has 20 heavy (non-hydrogen) atoms. The molecular formula is C17H19NO2. The maximum absolute atomic E-state index is 12.0. The lowest BCUT2D eigenvalue weighted by molar-refractivity contribution is -0.115. The monoisotopic (exact) mass is 269 g/mol. The molecule has 0 bridgehead atoms. The van der Waals surface area contributed by atoms with Gasteiger partial charge in [-0.3, -0.25) is 4.79 Å². The fourth-order valence-electron chi connectivity index (χ4n) is 2.00. The molecule has 0 aliphatic heterocycles. The number of carbonyl (C=O) groups excluding carboxylic acids is 1. The van der Waals surface area contributed by atoms with Crippen LogP contribution in [0.1, 0.15) is 16.7 Å². The maximum Gasteiger partial charge on any atom is 0.228 e. The third kappa shape index (κ3) is 3.60. The summed E-state index contributed by atoms with van der Waals surface area (Å²) in [6, 6.07) is 13.4. The van der Waals surface area contributed by atoms with Gasteiger partial charge in [-0.1, -0.05) is 24.3 Å². The van der Waals surface area contributed by atoms with E-state index in [0.29, 0.717) is 6.42 Å². The van der Waals surface area contributed by atoms with Crippen molar-refractivity contribution in [3.8, 4) is 5.75 Å². The minimum absolute atomic E-state index is 0.0264. The van der Waals surface area contributed by atoms with Crippen LogP contribution in [0.15, 0.2) is 42.5 Å². The average molecular weight is 269 g/mol. The molecule has 1 N–H and O–H groups in total. The highest BCUT2D eigenvalue weighted by Gasteiger charge is 2.05. The molecular weight excluding hydrogens is 250 g/mol. The fourth-order valence-corrected chi connectivity index (χ4v) is 2.00. The van der Waals surface area contributed by atoms with Crippen molar-refractivity contribution in [3.05, 3.63) is 59.2 Å². The zero-order valence-electron chi connectivity index (χ0n) is 12.1. The first-order valence-electron chi connectivity index (χ1n) is 6.58. The number of ether oxygens (including phenoxy) is 1. The van der Waals surface area contributed by atoms with E-state index in [9.17, 15) is 4.79 Å². The van der Waals surface area contributed by atoms with E-state index >= 15 is 0 Å². The largest absolute Gasteiger partial charge is 0.497 e. The average Bonchev–Trinajstić information content (AvgIpc) is 2.43. The topological polar surface area (TPSA) is 38.3 Å². The van der Waals surface area contributed by atoms with Crippen LogP contribution in [0.5, 0.6) is 5.75 Å². The van der Waals surface area contributed by atoms with E-state index in [-0.39, 0.29) is 5.91 Å². The van der Waals surface area contributed by atoms with Crippen LogP contribution >= 0.6 is 0 Å². The first-order valence-corrected chi connectivity index (χ1v) is 6.58. The third-order valence-electron chi connectivity index (χ3n) is 3.29. The fraction of sp³-hybridized carbons (Fsp3) is 0.235. The Balaban J connectivity index is 2.03. The molecule has 0 fully saturated rings. The molecule has 0 aliphatic carbocycles. The number of hydrogen-bond acceptors (Lipinski definition) is 2. The van der Waals surface area contributed by atoms with Crippen LogP contribution in [0, 0.1) is 13.8 Å². The summed E-state index contributed by atoms with van der Waals surface area (Å²) in [6.07, 6.45) is 0.373. The van der Waals surface area contributed by atoms with Gasteiger partial charge < -0.3 is 10.1 Å². The Morgan fingerprint density at radius 3 is 2.60 bits per heavy atom. The summed E-state index contributed by atoms with van der Waals surface area (Å²) in [5, 5.41) is 2.88. The van der Waals surface area contributed by atoms with E-state index in [1.165, 1.54) is 11.1 Å². The molecule has 2 aromatic carbocycles. The van der Waals surface area contributed by atoms with Gasteiger partial charge in [0, 0.05) is 11.8 Å². The van der Waals surface area contributed by atoms with Crippen LogP contribution in [-0.2, 0) is 11.2 Å². The van der Waals surface area contributed by atoms with Crippen molar-refractivity contribution in [2.75, 3.05) is 12.4 Å². The molecule has 2 aromatic rings. The molecule has 3 nitrogen and oxygen atoms in total. The SMILES string of the molecule is COc1cccc(NC(=O)Cc2ccc(C)c(C)c2)c1. The third-order valence-corrected chi connectivity index (χ3v) is 3.29. The van der Waals surface area contributed by atoms with Gasteiger partial charge in [0.1, 0.15) is 5.75 Å². The number of methoxy groups -OCH3 is 1. The Morgan fingerprint density at radius 1 is 1.10 bits per heavy atom. The van der Waals surface area contributed by atoms with Gasteiger partial charge in [0.15, 0.2) is 0 Å². The second-order valence-electron chi connectivity index (χ2n) is 4.88. The molecule has 0 spiro atoms. The van der Waals surface area contributed by atoms with E-state index < -0.39 is 0 Å². The van der Waals surface area contributed by atoms with Crippen LogP contribution < -0.4 is 10.1 Å². The highest BCUT2D eigenvalue weighted by atomic mass is 16.5. The van der Waals surface area contributed by atoms with E-state index in [1.807, 2.05) is 30.3 Å². The highest BCUT2D eigenvalue weighted by Crippen LogP contribution is 2.17. The van der Waals surface area contributed by atoms with Crippen molar-refractivity contribution < 1.29 is 9.53 Å². The number of amides is 1. The van der Waals surface area contributed by atoms with Gasteiger partial charge >= 0.3 is 0 Å². The lowest BCUT2D eigenvalue weighted by atomic mass is 10.0. The Kier molecular flexibility index (Phi) is 4.41. The molecule has 0 atom stereocenters. The molecule has 3 heteroatoms. The number of rotatable bonds is 4. The summed E-state index contributed by atoms with van der Waals surface area (Å²) in [5.74, 6) is 0.704. The van der Waals surface area contributed by atoms with Crippen molar-refractivity contribution in [2.45, 2.75) is 20.3 Å². The molecule has 0 aliphatic rings. The predicted molar refractivity (Wildman–Crippen MR) is 81.2 cm³/mol. The quantitative estimate of drug-likeness (QED) is 0.922. The second-order valence-corrected chi connectivity index (χ2v) is 4.88. The van der Waals surface area contributed by atoms with Gasteiger partial charge in [-0.2, -0.15) is 0 Å². The van der Waals surface area contributed by atoms with Gasteiger partial charge in [0.2, 0.25) is 5.91 Å². The Hall–Kier alpha value is -2.29. The number of aryl methyl sites for hydroxylation is 2. The van der Waals surface area contributed by atoms with Crippen molar-refractivity contribution in [1.82, 2.24) is 0 Å². The normalized spacial score (nSPS) is 10.2. The molecule has 2 rings (SSSR count). The first kappa shape index (κ1) is 14.1. The number of carbonyl (C=O) groups is 1. The molecule has 0 aromatic heterocycles. The van der Waals surface area contributed by atoms with E-state index in [0.717, 1.165) is 17.0 Å². The molecule has 0 heterocycles. The zero-order valence-corrected chi connectivity index (χ0v) is 12.1. The number of anilines is 1. The van der Waals surface area contributed by atoms with Crippen LogP contribution in [-0.4, -0.2) is 13.0 Å². The lowest BCUT2D eigenvalue weighted by Gasteiger charge is -2.08. The van der Waals surface area contributed by atoms with Crippen LogP contribution in [0.4, 0.5) is 5.69 Å². The first-order chi connectivity index (χ1) is 9.58. The van der Waals surface area contributed by atoms with Crippen molar-refractivity contribution >= 4 is 11.6 Å². The minimum Gasteiger partial charge on any atom is -0.497 e. The van der Waals surface area contributed by atoms with E-state index in [2.05, 4.69) is 25.2 Å². The van der Waals surface area contributed by atoms with Crippen molar-refractivity contribution in [1.29, 1.82) is 0 Å². The second kappa shape index (κ2) is 6.24. The molecule has 104 valence electrons. The van der Waals surface area contributed by atoms with Crippen LogP contribution in [0.25, 0.3) is 0 Å². The highest BCUT2D eigenvalue weighted by molar-refractivity contribution is 5.92. The molecule has 0 radical (unpaired) electrons. The minimum atomic E-state index is -0.0264. The number of hydrogen-bond donors (Lipinski definition) is 1. The van der Waals surface area contributed by atoms with Gasteiger partial charge in [-0.15, -0.1) is 0 Å². The summed E-state index contributed by atoms with van der Waals surface area (Å²) < 4.78 is 5.13. The van der Waals surface area contributed by atoms with Crippen molar-refractivity contribution in [3.63, 3.8) is 0 Å². The molecule has 0 unspecified atom stereocenters. The summed E-state index contributed by atoms with van der Waals surface area (Å²) in [5.41, 5.74) is 4.21. The zero-order chi connectivity index (χ0) is 14.5.